The van der Waals surface area contributed by atoms with Crippen LogP contribution in [0.5, 0.6) is 5.88 Å². The van der Waals surface area contributed by atoms with E-state index >= 15 is 0 Å². The van der Waals surface area contributed by atoms with E-state index in [4.69, 9.17) is 9.47 Å². The van der Waals surface area contributed by atoms with Gasteiger partial charge in [0.25, 0.3) is 0 Å². The third-order valence-electron chi connectivity index (χ3n) is 7.59. The SMILES string of the molecule is CC[C@H]1CCc2sc3ncnc(OC4CCC(N5CCN(C(=O)OC(C)(C)C)CC5)CC4)c3c21. The van der Waals surface area contributed by atoms with E-state index in [-0.39, 0.29) is 12.2 Å². The van der Waals surface area contributed by atoms with Gasteiger partial charge in [0.1, 0.15) is 22.9 Å². The molecule has 1 aliphatic heterocycles. The first-order chi connectivity index (χ1) is 16.3. The molecule has 2 aliphatic carbocycles. The van der Waals surface area contributed by atoms with Gasteiger partial charge in [-0.1, -0.05) is 6.92 Å². The zero-order valence-electron chi connectivity index (χ0n) is 21.0. The van der Waals surface area contributed by atoms with Gasteiger partial charge in [0.2, 0.25) is 5.88 Å². The molecule has 7 nitrogen and oxygen atoms in total. The molecule has 2 aromatic heterocycles. The normalized spacial score (nSPS) is 26.0. The molecule has 0 aromatic carbocycles. The Hall–Kier alpha value is -1.93. The lowest BCUT2D eigenvalue weighted by Gasteiger charge is -2.42. The maximum atomic E-state index is 12.4. The summed E-state index contributed by atoms with van der Waals surface area (Å²) in [4.78, 5) is 28.5. The number of fused-ring (bicyclic) bond motifs is 3. The predicted molar refractivity (Wildman–Crippen MR) is 135 cm³/mol. The monoisotopic (exact) mass is 486 g/mol. The summed E-state index contributed by atoms with van der Waals surface area (Å²) in [5.41, 5.74) is 1.03. The molecule has 5 rings (SSSR count). The summed E-state index contributed by atoms with van der Waals surface area (Å²) in [6.07, 6.45) is 9.63. The summed E-state index contributed by atoms with van der Waals surface area (Å²) in [6, 6.07) is 0.570. The molecule has 8 heteroatoms. The molecule has 0 N–H and O–H groups in total. The molecule has 1 atom stereocenters. The summed E-state index contributed by atoms with van der Waals surface area (Å²) < 4.78 is 12.1. The minimum absolute atomic E-state index is 0.189. The molecule has 0 spiro atoms. The van der Waals surface area contributed by atoms with Crippen LogP contribution in [0.2, 0.25) is 0 Å². The fourth-order valence-electron chi connectivity index (χ4n) is 5.82. The minimum Gasteiger partial charge on any atom is -0.474 e. The molecule has 2 aromatic rings. The second-order valence-corrected chi connectivity index (χ2v) is 12.1. The van der Waals surface area contributed by atoms with Gasteiger partial charge in [-0.2, -0.15) is 0 Å². The molecule has 3 aliphatic rings. The van der Waals surface area contributed by atoms with Crippen LogP contribution < -0.4 is 4.74 Å². The van der Waals surface area contributed by atoms with Crippen molar-refractivity contribution in [3.8, 4) is 5.88 Å². The van der Waals surface area contributed by atoms with Crippen LogP contribution in [0.15, 0.2) is 6.33 Å². The van der Waals surface area contributed by atoms with Crippen LogP contribution in [0, 0.1) is 0 Å². The molecule has 1 amide bonds. The second kappa shape index (κ2) is 9.61. The molecular formula is C26H38N4O3S. The van der Waals surface area contributed by atoms with Gasteiger partial charge < -0.3 is 14.4 Å². The Kier molecular flexibility index (Phi) is 6.73. The van der Waals surface area contributed by atoms with Gasteiger partial charge in [0.05, 0.1) is 5.39 Å². The van der Waals surface area contributed by atoms with Crippen molar-refractivity contribution in [3.05, 3.63) is 16.8 Å². The molecular weight excluding hydrogens is 448 g/mol. The smallest absolute Gasteiger partial charge is 0.410 e. The van der Waals surface area contributed by atoms with Crippen LogP contribution in [-0.4, -0.2) is 69.8 Å². The van der Waals surface area contributed by atoms with Crippen LogP contribution >= 0.6 is 11.3 Å². The number of carbonyl (C=O) groups is 1. The summed E-state index contributed by atoms with van der Waals surface area (Å²) >= 11 is 1.83. The number of amides is 1. The topological polar surface area (TPSA) is 67.8 Å². The Morgan fingerprint density at radius 3 is 2.50 bits per heavy atom. The number of rotatable bonds is 4. The Morgan fingerprint density at radius 1 is 1.09 bits per heavy atom. The van der Waals surface area contributed by atoms with Gasteiger partial charge in [-0.3, -0.25) is 4.90 Å². The lowest BCUT2D eigenvalue weighted by atomic mass is 9.91. The van der Waals surface area contributed by atoms with E-state index in [1.807, 2.05) is 37.0 Å². The van der Waals surface area contributed by atoms with E-state index in [1.54, 1.807) is 6.33 Å². The van der Waals surface area contributed by atoms with Crippen LogP contribution in [0.4, 0.5) is 4.79 Å². The summed E-state index contributed by atoms with van der Waals surface area (Å²) in [6.45, 7) is 11.4. The number of aromatic nitrogens is 2. The first kappa shape index (κ1) is 23.8. The second-order valence-electron chi connectivity index (χ2n) is 11.0. The Morgan fingerprint density at radius 2 is 1.82 bits per heavy atom. The Labute approximate surface area is 206 Å². The number of piperazine rings is 1. The fourth-order valence-corrected chi connectivity index (χ4v) is 7.05. The number of carbonyl (C=O) groups excluding carboxylic acids is 1. The maximum absolute atomic E-state index is 12.4. The highest BCUT2D eigenvalue weighted by Crippen LogP contribution is 2.47. The molecule has 0 unspecified atom stereocenters. The van der Waals surface area contributed by atoms with Gasteiger partial charge in [-0.25, -0.2) is 14.8 Å². The van der Waals surface area contributed by atoms with Crippen LogP contribution in [0.25, 0.3) is 10.2 Å². The van der Waals surface area contributed by atoms with E-state index < -0.39 is 5.60 Å². The zero-order valence-corrected chi connectivity index (χ0v) is 21.8. The van der Waals surface area contributed by atoms with Gasteiger partial charge in [-0.15, -0.1) is 11.3 Å². The van der Waals surface area contributed by atoms with Crippen molar-refractivity contribution in [2.45, 2.75) is 96.3 Å². The van der Waals surface area contributed by atoms with Crippen molar-refractivity contribution in [1.29, 1.82) is 0 Å². The lowest BCUT2D eigenvalue weighted by molar-refractivity contribution is 0.00509. The molecule has 1 saturated carbocycles. The zero-order chi connectivity index (χ0) is 23.9. The summed E-state index contributed by atoms with van der Waals surface area (Å²) in [7, 11) is 0. The number of hydrogen-bond acceptors (Lipinski definition) is 7. The molecule has 3 heterocycles. The molecule has 0 radical (unpaired) electrons. The third-order valence-corrected chi connectivity index (χ3v) is 8.77. The van der Waals surface area contributed by atoms with Crippen LogP contribution in [0.1, 0.15) is 82.6 Å². The summed E-state index contributed by atoms with van der Waals surface area (Å²) in [5, 5.41) is 1.19. The van der Waals surface area contributed by atoms with Gasteiger partial charge in [0, 0.05) is 37.1 Å². The van der Waals surface area contributed by atoms with E-state index in [2.05, 4.69) is 21.8 Å². The Bertz CT molecular complexity index is 1020. The molecule has 34 heavy (non-hydrogen) atoms. The maximum Gasteiger partial charge on any atom is 0.410 e. The molecule has 1 saturated heterocycles. The van der Waals surface area contributed by atoms with E-state index in [0.29, 0.717) is 12.0 Å². The number of aryl methyl sites for hydroxylation is 1. The van der Waals surface area contributed by atoms with Gasteiger partial charge >= 0.3 is 6.09 Å². The van der Waals surface area contributed by atoms with E-state index in [0.717, 1.165) is 62.6 Å². The van der Waals surface area contributed by atoms with E-state index in [9.17, 15) is 4.79 Å². The number of hydrogen-bond donors (Lipinski definition) is 0. The highest BCUT2D eigenvalue weighted by atomic mass is 32.1. The first-order valence-electron chi connectivity index (χ1n) is 13.0. The van der Waals surface area contributed by atoms with Crippen molar-refractivity contribution >= 4 is 27.6 Å². The highest BCUT2D eigenvalue weighted by molar-refractivity contribution is 7.19. The largest absolute Gasteiger partial charge is 0.474 e. The number of nitrogens with zero attached hydrogens (tertiary/aromatic N) is 4. The van der Waals surface area contributed by atoms with Crippen molar-refractivity contribution in [3.63, 3.8) is 0 Å². The lowest BCUT2D eigenvalue weighted by Crippen LogP contribution is -2.53. The van der Waals surface area contributed by atoms with Gasteiger partial charge in [0.15, 0.2) is 0 Å². The van der Waals surface area contributed by atoms with Crippen LogP contribution in [0.3, 0.4) is 0 Å². The van der Waals surface area contributed by atoms with Crippen molar-refractivity contribution in [1.82, 2.24) is 19.8 Å². The minimum atomic E-state index is -0.442. The quantitative estimate of drug-likeness (QED) is 0.578. The number of thiophene rings is 1. The fraction of sp³-hybridized carbons (Fsp3) is 0.731. The average Bonchev–Trinajstić information content (AvgIpc) is 3.38. The summed E-state index contributed by atoms with van der Waals surface area (Å²) in [5.74, 6) is 1.42. The number of ether oxygens (including phenoxy) is 2. The van der Waals surface area contributed by atoms with Crippen molar-refractivity contribution in [2.24, 2.45) is 0 Å². The molecule has 2 fully saturated rings. The molecule has 186 valence electrons. The third kappa shape index (κ3) is 4.89. The predicted octanol–water partition coefficient (Wildman–Crippen LogP) is 5.37. The van der Waals surface area contributed by atoms with Crippen LogP contribution in [-0.2, 0) is 11.2 Å². The van der Waals surface area contributed by atoms with Crippen molar-refractivity contribution in [2.75, 3.05) is 26.2 Å². The highest BCUT2D eigenvalue weighted by Gasteiger charge is 2.33. The van der Waals surface area contributed by atoms with Gasteiger partial charge in [-0.05, 0) is 77.2 Å². The first-order valence-corrected chi connectivity index (χ1v) is 13.8. The molecule has 0 bridgehead atoms. The Balaban J connectivity index is 1.16. The van der Waals surface area contributed by atoms with Crippen molar-refractivity contribution < 1.29 is 14.3 Å². The average molecular weight is 487 g/mol. The van der Waals surface area contributed by atoms with E-state index in [1.165, 1.54) is 35.1 Å². The standard InChI is InChI=1S/C26H38N4O3S/c1-5-17-6-11-20-21(17)22-23(27-16-28-24(22)34-20)32-19-9-7-18(8-10-19)29-12-14-30(15-13-29)25(31)33-26(2,3)4/h16-19H,5-15H2,1-4H3/t17-,18?,19?/m0/s1.